The SMILES string of the molecule is COCCCN1C(=O)CCN(S(=O)(=O)Cc2ccccc2Cl)CC12CCOC2. The number of carbonyl (C=O) groups excluding carboxylic acids is 1. The van der Waals surface area contributed by atoms with Crippen molar-refractivity contribution in [3.8, 4) is 0 Å². The highest BCUT2D eigenvalue weighted by atomic mass is 35.5. The second kappa shape index (κ2) is 9.09. The quantitative estimate of drug-likeness (QED) is 0.617. The van der Waals surface area contributed by atoms with Crippen molar-refractivity contribution in [1.82, 2.24) is 9.21 Å². The van der Waals surface area contributed by atoms with Gasteiger partial charge in [-0.3, -0.25) is 4.79 Å². The molecule has 0 bridgehead atoms. The number of halogens is 1. The van der Waals surface area contributed by atoms with Crippen LogP contribution >= 0.6 is 11.6 Å². The van der Waals surface area contributed by atoms with E-state index in [2.05, 4.69) is 0 Å². The second-order valence-corrected chi connectivity index (χ2v) is 9.73. The topological polar surface area (TPSA) is 76.2 Å². The standard InChI is InChI=1S/C19H27ClN2O5S/c1-26-11-4-9-22-18(23)7-10-21(14-19(22)8-12-27-15-19)28(24,25)13-16-5-2-3-6-17(16)20/h2-3,5-6H,4,7-15H2,1H3. The van der Waals surface area contributed by atoms with Crippen LogP contribution < -0.4 is 0 Å². The fourth-order valence-electron chi connectivity index (χ4n) is 3.92. The van der Waals surface area contributed by atoms with Gasteiger partial charge in [-0.1, -0.05) is 29.8 Å². The van der Waals surface area contributed by atoms with Crippen molar-refractivity contribution in [3.05, 3.63) is 34.9 Å². The van der Waals surface area contributed by atoms with Crippen LogP contribution in [-0.4, -0.2) is 75.6 Å². The van der Waals surface area contributed by atoms with E-state index in [0.29, 0.717) is 49.8 Å². The van der Waals surface area contributed by atoms with Crippen molar-refractivity contribution in [2.75, 3.05) is 46.6 Å². The van der Waals surface area contributed by atoms with Crippen LogP contribution in [0.3, 0.4) is 0 Å². The number of benzene rings is 1. The van der Waals surface area contributed by atoms with Gasteiger partial charge in [0.15, 0.2) is 0 Å². The molecule has 0 saturated carbocycles. The van der Waals surface area contributed by atoms with Gasteiger partial charge in [-0.05, 0) is 24.5 Å². The number of hydrogen-bond acceptors (Lipinski definition) is 5. The molecular formula is C19H27ClN2O5S. The first-order valence-corrected chi connectivity index (χ1v) is 11.5. The first-order chi connectivity index (χ1) is 13.4. The molecule has 1 amide bonds. The van der Waals surface area contributed by atoms with Crippen LogP contribution in [0.15, 0.2) is 24.3 Å². The van der Waals surface area contributed by atoms with E-state index < -0.39 is 15.6 Å². The summed E-state index contributed by atoms with van der Waals surface area (Å²) in [6, 6.07) is 6.94. The highest BCUT2D eigenvalue weighted by Crippen LogP contribution is 2.32. The summed E-state index contributed by atoms with van der Waals surface area (Å²) < 4.78 is 38.5. The lowest BCUT2D eigenvalue weighted by Gasteiger charge is -2.40. The predicted octanol–water partition coefficient (Wildman–Crippen LogP) is 1.90. The van der Waals surface area contributed by atoms with Crippen LogP contribution in [0.25, 0.3) is 0 Å². The fraction of sp³-hybridized carbons (Fsp3) is 0.632. The van der Waals surface area contributed by atoms with Crippen molar-refractivity contribution >= 4 is 27.5 Å². The van der Waals surface area contributed by atoms with Gasteiger partial charge in [-0.2, -0.15) is 4.31 Å². The van der Waals surface area contributed by atoms with E-state index in [1.54, 1.807) is 31.4 Å². The summed E-state index contributed by atoms with van der Waals surface area (Å²) in [6.07, 6.45) is 1.50. The van der Waals surface area contributed by atoms with Gasteiger partial charge in [0.05, 0.1) is 17.9 Å². The maximum absolute atomic E-state index is 13.2. The minimum Gasteiger partial charge on any atom is -0.385 e. The van der Waals surface area contributed by atoms with Gasteiger partial charge in [0.1, 0.15) is 0 Å². The third-order valence-electron chi connectivity index (χ3n) is 5.42. The lowest BCUT2D eigenvalue weighted by Crippen LogP contribution is -2.57. The van der Waals surface area contributed by atoms with E-state index in [1.807, 2.05) is 4.90 Å². The number of carbonyl (C=O) groups is 1. The Bertz CT molecular complexity index is 795. The average molecular weight is 431 g/mol. The van der Waals surface area contributed by atoms with E-state index in [-0.39, 0.29) is 31.2 Å². The van der Waals surface area contributed by atoms with E-state index in [4.69, 9.17) is 21.1 Å². The number of hydrogen-bond donors (Lipinski definition) is 0. The molecule has 9 heteroatoms. The van der Waals surface area contributed by atoms with Crippen molar-refractivity contribution in [1.29, 1.82) is 0 Å². The van der Waals surface area contributed by atoms with E-state index in [9.17, 15) is 13.2 Å². The monoisotopic (exact) mass is 430 g/mol. The van der Waals surface area contributed by atoms with Crippen LogP contribution in [0.5, 0.6) is 0 Å². The van der Waals surface area contributed by atoms with E-state index in [0.717, 1.165) is 0 Å². The van der Waals surface area contributed by atoms with Gasteiger partial charge >= 0.3 is 0 Å². The maximum Gasteiger partial charge on any atom is 0.224 e. The zero-order valence-electron chi connectivity index (χ0n) is 16.1. The molecule has 0 aromatic heterocycles. The average Bonchev–Trinajstić information content (AvgIpc) is 3.07. The molecule has 3 rings (SSSR count). The van der Waals surface area contributed by atoms with Crippen LogP contribution in [0, 0.1) is 0 Å². The summed E-state index contributed by atoms with van der Waals surface area (Å²) in [7, 11) is -2.00. The highest BCUT2D eigenvalue weighted by molar-refractivity contribution is 7.88. The first kappa shape index (κ1) is 21.5. The molecule has 2 heterocycles. The van der Waals surface area contributed by atoms with Gasteiger partial charge in [0.25, 0.3) is 0 Å². The van der Waals surface area contributed by atoms with Crippen molar-refractivity contribution in [2.24, 2.45) is 0 Å². The Labute approximate surface area is 171 Å². The Morgan fingerprint density at radius 3 is 2.79 bits per heavy atom. The van der Waals surface area contributed by atoms with Crippen LogP contribution in [0.2, 0.25) is 5.02 Å². The number of rotatable bonds is 7. The molecule has 0 N–H and O–H groups in total. The van der Waals surface area contributed by atoms with Crippen molar-refractivity contribution in [2.45, 2.75) is 30.6 Å². The van der Waals surface area contributed by atoms with E-state index in [1.165, 1.54) is 4.31 Å². The summed E-state index contributed by atoms with van der Waals surface area (Å²) in [6.45, 7) is 2.38. The third kappa shape index (κ3) is 4.68. The van der Waals surface area contributed by atoms with Crippen LogP contribution in [0.4, 0.5) is 0 Å². The van der Waals surface area contributed by atoms with Gasteiger partial charge < -0.3 is 14.4 Å². The molecule has 0 radical (unpaired) electrons. The minimum absolute atomic E-state index is 0.0305. The largest absolute Gasteiger partial charge is 0.385 e. The molecule has 1 atom stereocenters. The summed E-state index contributed by atoms with van der Waals surface area (Å²) in [5.41, 5.74) is -0.0528. The lowest BCUT2D eigenvalue weighted by molar-refractivity contribution is -0.136. The Hall–Kier alpha value is -1.19. The maximum atomic E-state index is 13.2. The normalized spacial score (nSPS) is 24.1. The molecule has 2 aliphatic rings. The fourth-order valence-corrected chi connectivity index (χ4v) is 5.83. The number of ether oxygens (including phenoxy) is 2. The van der Waals surface area contributed by atoms with Crippen molar-refractivity contribution in [3.63, 3.8) is 0 Å². The van der Waals surface area contributed by atoms with Gasteiger partial charge in [0, 0.05) is 51.4 Å². The molecule has 1 aromatic rings. The molecule has 1 aromatic carbocycles. The molecule has 2 fully saturated rings. The van der Waals surface area contributed by atoms with Gasteiger partial charge in [-0.15, -0.1) is 0 Å². The highest BCUT2D eigenvalue weighted by Gasteiger charge is 2.48. The number of sulfonamides is 1. The van der Waals surface area contributed by atoms with Crippen LogP contribution in [0.1, 0.15) is 24.8 Å². The zero-order chi connectivity index (χ0) is 20.2. The molecule has 2 saturated heterocycles. The first-order valence-electron chi connectivity index (χ1n) is 9.46. The summed E-state index contributed by atoms with van der Waals surface area (Å²) in [4.78, 5) is 14.7. The summed E-state index contributed by atoms with van der Waals surface area (Å²) in [5, 5.41) is 0.428. The van der Waals surface area contributed by atoms with Crippen LogP contribution in [-0.2, 0) is 30.0 Å². The number of methoxy groups -OCH3 is 1. The van der Waals surface area contributed by atoms with Gasteiger partial charge in [0.2, 0.25) is 15.9 Å². The molecule has 156 valence electrons. The molecule has 28 heavy (non-hydrogen) atoms. The second-order valence-electron chi connectivity index (χ2n) is 7.35. The van der Waals surface area contributed by atoms with E-state index >= 15 is 0 Å². The van der Waals surface area contributed by atoms with Crippen molar-refractivity contribution < 1.29 is 22.7 Å². The molecule has 2 aliphatic heterocycles. The van der Waals surface area contributed by atoms with Gasteiger partial charge in [-0.25, -0.2) is 8.42 Å². The smallest absolute Gasteiger partial charge is 0.224 e. The Morgan fingerprint density at radius 1 is 1.32 bits per heavy atom. The number of amides is 1. The minimum atomic E-state index is -3.63. The number of nitrogens with zero attached hydrogens (tertiary/aromatic N) is 2. The zero-order valence-corrected chi connectivity index (χ0v) is 17.7. The molecule has 0 aliphatic carbocycles. The molecule has 1 spiro atoms. The predicted molar refractivity (Wildman–Crippen MR) is 107 cm³/mol. The summed E-state index contributed by atoms with van der Waals surface area (Å²) >= 11 is 6.16. The Morgan fingerprint density at radius 2 is 2.11 bits per heavy atom. The Balaban J connectivity index is 1.83. The molecular weight excluding hydrogens is 404 g/mol. The molecule has 7 nitrogen and oxygen atoms in total. The Kier molecular flexibility index (Phi) is 6.98. The summed E-state index contributed by atoms with van der Waals surface area (Å²) in [5.74, 6) is -0.210. The lowest BCUT2D eigenvalue weighted by atomic mass is 9.96. The molecule has 1 unspecified atom stereocenters. The third-order valence-corrected chi connectivity index (χ3v) is 7.56.